The Morgan fingerprint density at radius 1 is 1.00 bits per heavy atom. The van der Waals surface area contributed by atoms with Gasteiger partial charge in [-0.05, 0) is 79.3 Å². The van der Waals surface area contributed by atoms with Gasteiger partial charge in [0.2, 0.25) is 11.8 Å². The number of likely N-dealkylation sites (N-methyl/N-ethyl adjacent to an activating group) is 1. The first-order valence-corrected chi connectivity index (χ1v) is 17.2. The number of aryl methyl sites for hydroxylation is 1. The van der Waals surface area contributed by atoms with E-state index < -0.39 is 29.7 Å². The molecule has 3 aliphatic rings. The van der Waals surface area contributed by atoms with Crippen LogP contribution in [0.5, 0.6) is 0 Å². The lowest BCUT2D eigenvalue weighted by Crippen LogP contribution is -2.55. The van der Waals surface area contributed by atoms with E-state index >= 15 is 4.39 Å². The number of ketones is 1. The van der Waals surface area contributed by atoms with Crippen LogP contribution in [0.1, 0.15) is 98.9 Å². The van der Waals surface area contributed by atoms with Crippen molar-refractivity contribution in [3.8, 4) is 0 Å². The third kappa shape index (κ3) is 8.82. The van der Waals surface area contributed by atoms with Gasteiger partial charge in [0.25, 0.3) is 5.91 Å². The van der Waals surface area contributed by atoms with Crippen molar-refractivity contribution in [1.29, 1.82) is 0 Å². The van der Waals surface area contributed by atoms with Crippen molar-refractivity contribution < 1.29 is 28.2 Å². The van der Waals surface area contributed by atoms with E-state index in [-0.39, 0.29) is 41.2 Å². The summed E-state index contributed by atoms with van der Waals surface area (Å²) in [7, 11) is 2.01. The molecular formula is C35H49FN6O5. The zero-order valence-corrected chi connectivity index (χ0v) is 28.1. The monoisotopic (exact) mass is 652 g/mol. The van der Waals surface area contributed by atoms with E-state index in [0.29, 0.717) is 49.0 Å². The molecule has 5 rings (SSSR count). The highest BCUT2D eigenvalue weighted by atomic mass is 19.1. The molecule has 2 aliphatic carbocycles. The van der Waals surface area contributed by atoms with Gasteiger partial charge in [0.05, 0.1) is 6.04 Å². The average molecular weight is 653 g/mol. The zero-order chi connectivity index (χ0) is 33.7. The minimum absolute atomic E-state index is 0.0592. The minimum atomic E-state index is -0.830. The lowest BCUT2D eigenvalue weighted by atomic mass is 9.77. The highest BCUT2D eigenvalue weighted by molar-refractivity contribution is 5.97. The molecule has 1 aromatic carbocycles. The van der Waals surface area contributed by atoms with Crippen LogP contribution in [0.25, 0.3) is 0 Å². The Morgan fingerprint density at radius 2 is 1.70 bits per heavy atom. The molecular weight excluding hydrogens is 603 g/mol. The molecule has 256 valence electrons. The molecule has 0 unspecified atom stereocenters. The summed E-state index contributed by atoms with van der Waals surface area (Å²) in [4.78, 5) is 57.5. The number of nitrogens with one attached hydrogen (secondary N) is 2. The standard InChI is InChI=1S/C35H49FN6O5/c1-5-28-33(40-47-39-28)34(45)38-32(24-10-6-21(2)7-11-24)29(43)20-26-13-12-25(19-27(26)36)22(3)31(37-30(44)18-23-8-9-23)35(46)42-16-14-41(4)15-17-42/h12-13,19,21-24,31-32H,5-11,14-18,20H2,1-4H3,(H,37,44)(H,38,45)/t21?,22-,24?,31+,32-/m0/s1. The smallest absolute Gasteiger partial charge is 0.276 e. The predicted molar refractivity (Wildman–Crippen MR) is 173 cm³/mol. The van der Waals surface area contributed by atoms with E-state index in [9.17, 15) is 19.2 Å². The SMILES string of the molecule is CCc1nonc1C(=O)N[C@H](C(=O)Cc1ccc([C@H](C)[C@@H](NC(=O)CC2CC2)C(=O)N2CCN(C)CC2)cc1F)C1CCC(C)CC1. The number of hydrogen-bond donors (Lipinski definition) is 2. The Bertz CT molecular complexity index is 1430. The second-order valence-corrected chi connectivity index (χ2v) is 14.0. The summed E-state index contributed by atoms with van der Waals surface area (Å²) in [5.74, 6) is -1.34. The van der Waals surface area contributed by atoms with Crippen LogP contribution in [-0.2, 0) is 27.2 Å². The maximum Gasteiger partial charge on any atom is 0.276 e. The average Bonchev–Trinajstić information content (AvgIpc) is 3.74. The normalized spacial score (nSPS) is 22.3. The number of carbonyl (C=O) groups is 4. The van der Waals surface area contributed by atoms with Gasteiger partial charge in [0, 0.05) is 44.9 Å². The van der Waals surface area contributed by atoms with Crippen molar-refractivity contribution >= 4 is 23.5 Å². The number of rotatable bonds is 13. The summed E-state index contributed by atoms with van der Waals surface area (Å²) in [6, 6.07) is 3.05. The number of hydrogen-bond acceptors (Lipinski definition) is 8. The van der Waals surface area contributed by atoms with Crippen LogP contribution in [-0.4, -0.2) is 88.9 Å². The van der Waals surface area contributed by atoms with Crippen molar-refractivity contribution in [2.24, 2.45) is 17.8 Å². The fourth-order valence-electron chi connectivity index (χ4n) is 6.82. The number of piperazine rings is 1. The fourth-order valence-corrected chi connectivity index (χ4v) is 6.82. The Balaban J connectivity index is 1.31. The highest BCUT2D eigenvalue weighted by Gasteiger charge is 2.36. The Labute approximate surface area is 276 Å². The largest absolute Gasteiger partial charge is 0.344 e. The van der Waals surface area contributed by atoms with Gasteiger partial charge in [-0.15, -0.1) is 0 Å². The van der Waals surface area contributed by atoms with E-state index in [2.05, 4.69) is 32.8 Å². The molecule has 2 saturated carbocycles. The molecule has 12 heteroatoms. The third-order valence-electron chi connectivity index (χ3n) is 10.3. The molecule has 2 heterocycles. The summed E-state index contributed by atoms with van der Waals surface area (Å²) in [6.45, 7) is 8.47. The lowest BCUT2D eigenvalue weighted by Gasteiger charge is -2.36. The first-order chi connectivity index (χ1) is 22.5. The van der Waals surface area contributed by atoms with E-state index in [1.165, 1.54) is 6.07 Å². The summed E-state index contributed by atoms with van der Waals surface area (Å²) in [5.41, 5.74) is 1.25. The van der Waals surface area contributed by atoms with Gasteiger partial charge in [0.1, 0.15) is 17.6 Å². The van der Waals surface area contributed by atoms with Gasteiger partial charge in [-0.3, -0.25) is 19.2 Å². The van der Waals surface area contributed by atoms with Crippen LogP contribution in [0.2, 0.25) is 0 Å². The predicted octanol–water partition coefficient (Wildman–Crippen LogP) is 3.67. The van der Waals surface area contributed by atoms with Crippen LogP contribution in [0, 0.1) is 23.6 Å². The topological polar surface area (TPSA) is 138 Å². The highest BCUT2D eigenvalue weighted by Crippen LogP contribution is 2.33. The van der Waals surface area contributed by atoms with E-state index in [4.69, 9.17) is 4.63 Å². The third-order valence-corrected chi connectivity index (χ3v) is 10.3. The van der Waals surface area contributed by atoms with Gasteiger partial charge >= 0.3 is 0 Å². The number of aromatic nitrogens is 2. The van der Waals surface area contributed by atoms with Crippen molar-refractivity contribution in [3.05, 3.63) is 46.5 Å². The first kappa shape index (κ1) is 34.7. The lowest BCUT2D eigenvalue weighted by molar-refractivity contribution is -0.138. The summed E-state index contributed by atoms with van der Waals surface area (Å²) >= 11 is 0. The molecule has 0 spiro atoms. The molecule has 47 heavy (non-hydrogen) atoms. The minimum Gasteiger partial charge on any atom is -0.344 e. The Morgan fingerprint density at radius 3 is 2.34 bits per heavy atom. The van der Waals surface area contributed by atoms with Crippen LogP contribution < -0.4 is 10.6 Å². The molecule has 3 atom stereocenters. The molecule has 2 aromatic rings. The van der Waals surface area contributed by atoms with Crippen molar-refractivity contribution in [2.45, 2.75) is 96.6 Å². The van der Waals surface area contributed by atoms with Gasteiger partial charge < -0.3 is 20.4 Å². The number of carbonyl (C=O) groups excluding carboxylic acids is 4. The van der Waals surface area contributed by atoms with Crippen LogP contribution in [0.15, 0.2) is 22.8 Å². The first-order valence-electron chi connectivity index (χ1n) is 17.2. The summed E-state index contributed by atoms with van der Waals surface area (Å²) in [5, 5.41) is 13.4. The van der Waals surface area contributed by atoms with Crippen LogP contribution in [0.4, 0.5) is 4.39 Å². The van der Waals surface area contributed by atoms with Crippen LogP contribution in [0.3, 0.4) is 0 Å². The number of nitrogens with zero attached hydrogens (tertiary/aromatic N) is 4. The second-order valence-electron chi connectivity index (χ2n) is 14.0. The molecule has 1 saturated heterocycles. The number of benzene rings is 1. The summed E-state index contributed by atoms with van der Waals surface area (Å²) < 4.78 is 20.5. The van der Waals surface area contributed by atoms with Crippen molar-refractivity contribution in [3.63, 3.8) is 0 Å². The molecule has 3 fully saturated rings. The van der Waals surface area contributed by atoms with Crippen molar-refractivity contribution in [2.75, 3.05) is 33.2 Å². The molecule has 11 nitrogen and oxygen atoms in total. The van der Waals surface area contributed by atoms with E-state index in [1.54, 1.807) is 17.0 Å². The maximum absolute atomic E-state index is 15.8. The molecule has 0 bridgehead atoms. The number of halogens is 1. The summed E-state index contributed by atoms with van der Waals surface area (Å²) in [6.07, 6.45) is 6.14. The Kier molecular flexibility index (Phi) is 11.4. The molecule has 2 N–H and O–H groups in total. The maximum atomic E-state index is 15.8. The number of amides is 3. The van der Waals surface area contributed by atoms with Crippen LogP contribution >= 0.6 is 0 Å². The fraction of sp³-hybridized carbons (Fsp3) is 0.657. The molecule has 3 amide bonds. The van der Waals surface area contributed by atoms with Gasteiger partial charge in [-0.1, -0.05) is 50.9 Å². The van der Waals surface area contributed by atoms with Gasteiger partial charge in [0.15, 0.2) is 11.5 Å². The molecule has 0 radical (unpaired) electrons. The Hall–Kier alpha value is -3.67. The quantitative estimate of drug-likeness (QED) is 0.335. The second kappa shape index (κ2) is 15.5. The molecule has 1 aromatic heterocycles. The van der Waals surface area contributed by atoms with E-state index in [0.717, 1.165) is 51.6 Å². The van der Waals surface area contributed by atoms with Gasteiger partial charge in [-0.2, -0.15) is 0 Å². The zero-order valence-electron chi connectivity index (χ0n) is 28.1. The number of Topliss-reactive ketones (excluding diaryl/α,β-unsaturated/α-hetero) is 1. The molecule has 1 aliphatic heterocycles. The van der Waals surface area contributed by atoms with Crippen molar-refractivity contribution in [1.82, 2.24) is 30.7 Å². The van der Waals surface area contributed by atoms with E-state index in [1.807, 2.05) is 20.9 Å². The van der Waals surface area contributed by atoms with Gasteiger partial charge in [-0.25, -0.2) is 9.02 Å².